The number of fused-ring (bicyclic) bond motifs is 1. The zero-order valence-electron chi connectivity index (χ0n) is 14.2. The summed E-state index contributed by atoms with van der Waals surface area (Å²) in [7, 11) is 0. The minimum Gasteiger partial charge on any atom is -0.454 e. The first-order chi connectivity index (χ1) is 12.1. The number of rotatable bonds is 4. The average molecular weight is 356 g/mol. The smallest absolute Gasteiger partial charge is 0.257 e. The lowest BCUT2D eigenvalue weighted by molar-refractivity contribution is 0.0977. The summed E-state index contributed by atoms with van der Waals surface area (Å²) in [6.45, 7) is 4.53. The number of carbonyl (C=O) groups is 1. The molecular formula is C19H20N2O3S. The van der Waals surface area contributed by atoms with Gasteiger partial charge in [-0.15, -0.1) is 0 Å². The lowest BCUT2D eigenvalue weighted by Gasteiger charge is -2.12. The Labute approximate surface area is 152 Å². The highest BCUT2D eigenvalue weighted by atomic mass is 32.1. The number of hydrogen-bond acceptors (Lipinski definition) is 4. The summed E-state index contributed by atoms with van der Waals surface area (Å²) < 4.78 is 10.5. The highest BCUT2D eigenvalue weighted by Crippen LogP contribution is 2.32. The second-order valence-corrected chi connectivity index (χ2v) is 6.32. The first-order valence-electron chi connectivity index (χ1n) is 8.18. The molecule has 1 atom stereocenters. The van der Waals surface area contributed by atoms with Crippen LogP contribution in [0.3, 0.4) is 0 Å². The van der Waals surface area contributed by atoms with Crippen LogP contribution in [0.15, 0.2) is 42.5 Å². The largest absolute Gasteiger partial charge is 0.454 e. The normalized spacial score (nSPS) is 13.2. The van der Waals surface area contributed by atoms with E-state index in [0.717, 1.165) is 12.1 Å². The molecule has 0 aromatic heterocycles. The van der Waals surface area contributed by atoms with Crippen LogP contribution in [0.5, 0.6) is 11.5 Å². The van der Waals surface area contributed by atoms with Gasteiger partial charge in [0.1, 0.15) is 0 Å². The molecule has 1 amide bonds. The van der Waals surface area contributed by atoms with Gasteiger partial charge < -0.3 is 14.8 Å². The van der Waals surface area contributed by atoms with E-state index < -0.39 is 0 Å². The quantitative estimate of drug-likeness (QED) is 0.809. The molecule has 0 fully saturated rings. The fraction of sp³-hybridized carbons (Fsp3) is 0.263. The van der Waals surface area contributed by atoms with Gasteiger partial charge >= 0.3 is 0 Å². The van der Waals surface area contributed by atoms with Crippen LogP contribution >= 0.6 is 12.2 Å². The van der Waals surface area contributed by atoms with Gasteiger partial charge in [-0.3, -0.25) is 10.1 Å². The zero-order valence-corrected chi connectivity index (χ0v) is 15.0. The molecule has 2 aromatic carbocycles. The van der Waals surface area contributed by atoms with Crippen molar-refractivity contribution in [2.75, 3.05) is 12.1 Å². The molecule has 130 valence electrons. The van der Waals surface area contributed by atoms with E-state index in [9.17, 15) is 4.79 Å². The van der Waals surface area contributed by atoms with Crippen molar-refractivity contribution in [1.29, 1.82) is 0 Å². The molecule has 3 rings (SSSR count). The third-order valence-corrected chi connectivity index (χ3v) is 4.42. The summed E-state index contributed by atoms with van der Waals surface area (Å²) in [6, 6.07) is 13.1. The number of anilines is 1. The molecule has 0 bridgehead atoms. The number of hydrogen-bond donors (Lipinski definition) is 2. The molecule has 0 saturated heterocycles. The highest BCUT2D eigenvalue weighted by Gasteiger charge is 2.16. The van der Waals surface area contributed by atoms with Crippen molar-refractivity contribution < 1.29 is 14.3 Å². The Morgan fingerprint density at radius 3 is 2.60 bits per heavy atom. The van der Waals surface area contributed by atoms with Gasteiger partial charge in [0.05, 0.1) is 0 Å². The van der Waals surface area contributed by atoms with E-state index in [1.807, 2.05) is 12.1 Å². The molecule has 0 aliphatic carbocycles. The molecule has 2 N–H and O–H groups in total. The second-order valence-electron chi connectivity index (χ2n) is 5.91. The van der Waals surface area contributed by atoms with E-state index in [1.54, 1.807) is 18.2 Å². The molecule has 0 saturated carbocycles. The van der Waals surface area contributed by atoms with Gasteiger partial charge in [-0.1, -0.05) is 26.0 Å². The van der Waals surface area contributed by atoms with Crippen molar-refractivity contribution in [3.05, 3.63) is 53.6 Å². The van der Waals surface area contributed by atoms with Crippen molar-refractivity contribution >= 4 is 28.9 Å². The molecule has 2 aromatic rings. The van der Waals surface area contributed by atoms with Crippen LogP contribution < -0.4 is 20.1 Å². The van der Waals surface area contributed by atoms with Crippen LogP contribution in [0, 0.1) is 0 Å². The zero-order chi connectivity index (χ0) is 17.8. The van der Waals surface area contributed by atoms with E-state index in [1.165, 1.54) is 5.56 Å². The van der Waals surface area contributed by atoms with Gasteiger partial charge in [0.15, 0.2) is 16.6 Å². The molecule has 25 heavy (non-hydrogen) atoms. The van der Waals surface area contributed by atoms with Crippen LogP contribution in [-0.2, 0) is 0 Å². The van der Waals surface area contributed by atoms with Gasteiger partial charge in [0.25, 0.3) is 5.91 Å². The predicted molar refractivity (Wildman–Crippen MR) is 101 cm³/mol. The maximum absolute atomic E-state index is 12.3. The molecular weight excluding hydrogens is 336 g/mol. The third-order valence-electron chi connectivity index (χ3n) is 4.21. The summed E-state index contributed by atoms with van der Waals surface area (Å²) in [6.07, 6.45) is 1.09. The molecule has 6 heteroatoms. The number of benzene rings is 2. The molecule has 1 aliphatic heterocycles. The maximum Gasteiger partial charge on any atom is 0.257 e. The van der Waals surface area contributed by atoms with Crippen molar-refractivity contribution in [2.45, 2.75) is 26.2 Å². The Kier molecular flexibility index (Phi) is 5.19. The minimum absolute atomic E-state index is 0.174. The summed E-state index contributed by atoms with van der Waals surface area (Å²) in [5, 5.41) is 5.94. The Bertz CT molecular complexity index is 790. The number of nitrogens with one attached hydrogen (secondary N) is 2. The van der Waals surface area contributed by atoms with Crippen molar-refractivity contribution in [2.24, 2.45) is 0 Å². The molecule has 0 spiro atoms. The van der Waals surface area contributed by atoms with Crippen molar-refractivity contribution in [3.63, 3.8) is 0 Å². The Morgan fingerprint density at radius 2 is 1.88 bits per heavy atom. The highest BCUT2D eigenvalue weighted by molar-refractivity contribution is 7.80. The summed E-state index contributed by atoms with van der Waals surface area (Å²) in [5.74, 6) is 1.42. The van der Waals surface area contributed by atoms with E-state index in [4.69, 9.17) is 21.7 Å². The summed E-state index contributed by atoms with van der Waals surface area (Å²) >= 11 is 5.22. The lowest BCUT2D eigenvalue weighted by atomic mass is 9.99. The van der Waals surface area contributed by atoms with Crippen LogP contribution in [0.1, 0.15) is 42.1 Å². The first kappa shape index (κ1) is 17.2. The van der Waals surface area contributed by atoms with E-state index in [0.29, 0.717) is 23.0 Å². The Morgan fingerprint density at radius 1 is 1.16 bits per heavy atom. The minimum atomic E-state index is -0.299. The van der Waals surface area contributed by atoms with Gasteiger partial charge in [0.2, 0.25) is 6.79 Å². The van der Waals surface area contributed by atoms with Crippen molar-refractivity contribution in [3.8, 4) is 11.5 Å². The van der Waals surface area contributed by atoms with Gasteiger partial charge in [-0.05, 0) is 60.5 Å². The van der Waals surface area contributed by atoms with Gasteiger partial charge in [0, 0.05) is 11.3 Å². The number of ether oxygens (including phenoxy) is 2. The van der Waals surface area contributed by atoms with Crippen LogP contribution in [0.4, 0.5) is 5.69 Å². The van der Waals surface area contributed by atoms with Crippen LogP contribution in [0.25, 0.3) is 0 Å². The Hall–Kier alpha value is -2.60. The van der Waals surface area contributed by atoms with Gasteiger partial charge in [-0.2, -0.15) is 0 Å². The van der Waals surface area contributed by atoms with E-state index in [-0.39, 0.29) is 17.8 Å². The standard InChI is InChI=1S/C19H20N2O3S/c1-3-12(2)13-4-7-15(8-5-13)20-19(25)21-18(22)14-6-9-16-17(10-14)24-11-23-16/h4-10,12H,3,11H2,1-2H3,(H2,20,21,22,25). The monoisotopic (exact) mass is 356 g/mol. The number of thiocarbonyl (C=S) groups is 1. The Balaban J connectivity index is 1.59. The molecule has 1 aliphatic rings. The van der Waals surface area contributed by atoms with Gasteiger partial charge in [-0.25, -0.2) is 0 Å². The molecule has 5 nitrogen and oxygen atoms in total. The van der Waals surface area contributed by atoms with Crippen molar-refractivity contribution in [1.82, 2.24) is 5.32 Å². The van der Waals surface area contributed by atoms with Crippen LogP contribution in [0.2, 0.25) is 0 Å². The average Bonchev–Trinajstić information content (AvgIpc) is 3.09. The second kappa shape index (κ2) is 7.53. The van der Waals surface area contributed by atoms with E-state index in [2.05, 4.69) is 36.6 Å². The maximum atomic E-state index is 12.3. The number of amides is 1. The molecule has 1 unspecified atom stereocenters. The summed E-state index contributed by atoms with van der Waals surface area (Å²) in [5.41, 5.74) is 2.58. The van der Waals surface area contributed by atoms with E-state index >= 15 is 0 Å². The number of carbonyl (C=O) groups excluding carboxylic acids is 1. The first-order valence-corrected chi connectivity index (χ1v) is 8.59. The SMILES string of the molecule is CCC(C)c1ccc(NC(=S)NC(=O)c2ccc3c(c2)OCO3)cc1. The lowest BCUT2D eigenvalue weighted by Crippen LogP contribution is -2.34. The topological polar surface area (TPSA) is 59.6 Å². The predicted octanol–water partition coefficient (Wildman–Crippen LogP) is 4.06. The third kappa shape index (κ3) is 4.09. The summed E-state index contributed by atoms with van der Waals surface area (Å²) in [4.78, 5) is 12.3. The van der Waals surface area contributed by atoms with Crippen LogP contribution in [-0.4, -0.2) is 17.8 Å². The fourth-order valence-electron chi connectivity index (χ4n) is 2.51. The molecule has 1 heterocycles. The molecule has 0 radical (unpaired) electrons. The fourth-order valence-corrected chi connectivity index (χ4v) is 2.72.